The molecule has 0 aliphatic heterocycles. The van der Waals surface area contributed by atoms with Crippen LogP contribution in [0.5, 0.6) is 0 Å². The molecule has 0 aliphatic carbocycles. The number of halogens is 2. The molecule has 6 nitrogen and oxygen atoms in total. The molecule has 0 aromatic heterocycles. The molecule has 1 amide bonds. The molecular formula is C13H9ClIN3O3. The summed E-state index contributed by atoms with van der Waals surface area (Å²) in [6.45, 7) is 0. The normalized spacial score (nSPS) is 10.2. The van der Waals surface area contributed by atoms with E-state index in [-0.39, 0.29) is 11.3 Å². The van der Waals surface area contributed by atoms with Gasteiger partial charge < -0.3 is 11.1 Å². The van der Waals surface area contributed by atoms with Gasteiger partial charge in [-0.05, 0) is 52.9 Å². The maximum atomic E-state index is 12.2. The average molecular weight is 418 g/mol. The van der Waals surface area contributed by atoms with Crippen LogP contribution in [0.2, 0.25) is 5.02 Å². The number of carbonyl (C=O) groups is 1. The number of rotatable bonds is 3. The SMILES string of the molecule is Nc1cccc(C(=O)Nc2ccc(Cl)cc2I)c1[N+](=O)[O-]. The molecular weight excluding hydrogens is 409 g/mol. The summed E-state index contributed by atoms with van der Waals surface area (Å²) in [5, 5.41) is 14.2. The van der Waals surface area contributed by atoms with E-state index in [1.807, 2.05) is 22.6 Å². The monoisotopic (exact) mass is 417 g/mol. The Labute approximate surface area is 138 Å². The summed E-state index contributed by atoms with van der Waals surface area (Å²) in [5.41, 5.74) is 5.53. The van der Waals surface area contributed by atoms with Gasteiger partial charge in [0.25, 0.3) is 5.91 Å². The van der Waals surface area contributed by atoms with Crippen LogP contribution in [0.3, 0.4) is 0 Å². The summed E-state index contributed by atoms with van der Waals surface area (Å²) in [7, 11) is 0. The van der Waals surface area contributed by atoms with Crippen molar-refractivity contribution in [3.05, 3.63) is 60.7 Å². The minimum absolute atomic E-state index is 0.0570. The number of benzene rings is 2. The summed E-state index contributed by atoms with van der Waals surface area (Å²) < 4.78 is 0.722. The molecule has 108 valence electrons. The summed E-state index contributed by atoms with van der Waals surface area (Å²) in [6.07, 6.45) is 0. The highest BCUT2D eigenvalue weighted by molar-refractivity contribution is 14.1. The number of nitro benzene ring substituents is 1. The van der Waals surface area contributed by atoms with Crippen molar-refractivity contribution in [1.82, 2.24) is 0 Å². The minimum atomic E-state index is -0.670. The number of nitrogen functional groups attached to an aromatic ring is 1. The van der Waals surface area contributed by atoms with Crippen molar-refractivity contribution >= 4 is 57.2 Å². The molecule has 2 rings (SSSR count). The van der Waals surface area contributed by atoms with E-state index in [9.17, 15) is 14.9 Å². The maximum Gasteiger partial charge on any atom is 0.304 e. The van der Waals surface area contributed by atoms with Crippen molar-refractivity contribution < 1.29 is 9.72 Å². The number of hydrogen-bond acceptors (Lipinski definition) is 4. The number of nitrogens with one attached hydrogen (secondary N) is 1. The molecule has 0 atom stereocenters. The van der Waals surface area contributed by atoms with Gasteiger partial charge in [0.05, 0.1) is 10.6 Å². The summed E-state index contributed by atoms with van der Waals surface area (Å²) in [4.78, 5) is 22.6. The zero-order valence-corrected chi connectivity index (χ0v) is 13.4. The first-order valence-electron chi connectivity index (χ1n) is 5.69. The Balaban J connectivity index is 2.37. The van der Waals surface area contributed by atoms with Gasteiger partial charge in [-0.15, -0.1) is 0 Å². The lowest BCUT2D eigenvalue weighted by Gasteiger charge is -2.09. The number of para-hydroxylation sites is 1. The van der Waals surface area contributed by atoms with Gasteiger partial charge in [0, 0.05) is 8.59 Å². The standard InChI is InChI=1S/C13H9ClIN3O3/c14-7-4-5-11(9(15)6-7)17-13(19)8-2-1-3-10(16)12(8)18(20)21/h1-6H,16H2,(H,17,19). The fourth-order valence-electron chi connectivity index (χ4n) is 1.73. The molecule has 0 saturated heterocycles. The number of amides is 1. The van der Waals surface area contributed by atoms with E-state index in [2.05, 4.69) is 5.32 Å². The highest BCUT2D eigenvalue weighted by atomic mass is 127. The van der Waals surface area contributed by atoms with Crippen LogP contribution in [-0.4, -0.2) is 10.8 Å². The molecule has 0 bridgehead atoms. The van der Waals surface area contributed by atoms with Crippen molar-refractivity contribution in [2.24, 2.45) is 0 Å². The molecule has 0 radical (unpaired) electrons. The van der Waals surface area contributed by atoms with E-state index >= 15 is 0 Å². The first-order chi connectivity index (χ1) is 9.90. The highest BCUT2D eigenvalue weighted by Crippen LogP contribution is 2.28. The Hall–Kier alpha value is -1.87. The van der Waals surface area contributed by atoms with Gasteiger partial charge >= 0.3 is 5.69 Å². The number of nitro groups is 1. The topological polar surface area (TPSA) is 98.3 Å². The fraction of sp³-hybridized carbons (Fsp3) is 0. The van der Waals surface area contributed by atoms with E-state index in [0.717, 1.165) is 3.57 Å². The number of anilines is 2. The van der Waals surface area contributed by atoms with Crippen LogP contribution < -0.4 is 11.1 Å². The Morgan fingerprint density at radius 2 is 2.05 bits per heavy atom. The Morgan fingerprint density at radius 1 is 1.33 bits per heavy atom. The van der Waals surface area contributed by atoms with Crippen molar-refractivity contribution in [2.75, 3.05) is 11.1 Å². The van der Waals surface area contributed by atoms with Crippen LogP contribution in [-0.2, 0) is 0 Å². The van der Waals surface area contributed by atoms with Crippen LogP contribution in [0.25, 0.3) is 0 Å². The molecule has 0 fully saturated rings. The van der Waals surface area contributed by atoms with E-state index in [1.165, 1.54) is 18.2 Å². The minimum Gasteiger partial charge on any atom is -0.393 e. The van der Waals surface area contributed by atoms with Crippen LogP contribution in [0, 0.1) is 13.7 Å². The fourth-order valence-corrected chi connectivity index (χ4v) is 2.74. The Morgan fingerprint density at radius 3 is 2.67 bits per heavy atom. The summed E-state index contributed by atoms with van der Waals surface area (Å²) >= 11 is 7.84. The smallest absolute Gasteiger partial charge is 0.304 e. The number of hydrogen-bond donors (Lipinski definition) is 2. The van der Waals surface area contributed by atoms with Gasteiger partial charge in [-0.25, -0.2) is 0 Å². The van der Waals surface area contributed by atoms with Crippen LogP contribution in [0.4, 0.5) is 17.1 Å². The predicted octanol–water partition coefficient (Wildman–Crippen LogP) is 3.69. The third-order valence-electron chi connectivity index (χ3n) is 2.67. The lowest BCUT2D eigenvalue weighted by atomic mass is 10.1. The van der Waals surface area contributed by atoms with Crippen molar-refractivity contribution in [3.8, 4) is 0 Å². The third kappa shape index (κ3) is 3.42. The zero-order valence-electron chi connectivity index (χ0n) is 10.5. The van der Waals surface area contributed by atoms with Crippen LogP contribution in [0.15, 0.2) is 36.4 Å². The molecule has 0 saturated carbocycles. The van der Waals surface area contributed by atoms with Crippen LogP contribution >= 0.6 is 34.2 Å². The van der Waals surface area contributed by atoms with Crippen LogP contribution in [0.1, 0.15) is 10.4 Å². The van der Waals surface area contributed by atoms with Gasteiger partial charge in [0.1, 0.15) is 11.3 Å². The third-order valence-corrected chi connectivity index (χ3v) is 3.80. The first-order valence-corrected chi connectivity index (χ1v) is 7.15. The largest absolute Gasteiger partial charge is 0.393 e. The molecule has 8 heteroatoms. The molecule has 0 heterocycles. The predicted molar refractivity (Wildman–Crippen MR) is 89.6 cm³/mol. The first kappa shape index (κ1) is 15.5. The Kier molecular flexibility index (Phi) is 4.63. The lowest BCUT2D eigenvalue weighted by molar-refractivity contribution is -0.384. The Bertz CT molecular complexity index is 737. The molecule has 3 N–H and O–H groups in total. The number of nitrogens with zero attached hydrogens (tertiary/aromatic N) is 1. The summed E-state index contributed by atoms with van der Waals surface area (Å²) in [6, 6.07) is 9.14. The summed E-state index contributed by atoms with van der Waals surface area (Å²) in [5.74, 6) is -0.603. The van der Waals surface area contributed by atoms with E-state index in [4.69, 9.17) is 17.3 Å². The van der Waals surface area contributed by atoms with E-state index < -0.39 is 16.5 Å². The van der Waals surface area contributed by atoms with Gasteiger partial charge in [-0.1, -0.05) is 17.7 Å². The van der Waals surface area contributed by atoms with Crippen molar-refractivity contribution in [1.29, 1.82) is 0 Å². The van der Waals surface area contributed by atoms with Gasteiger partial charge in [0.2, 0.25) is 0 Å². The quantitative estimate of drug-likeness (QED) is 0.344. The maximum absolute atomic E-state index is 12.2. The van der Waals surface area contributed by atoms with Gasteiger partial charge in [0.15, 0.2) is 0 Å². The second kappa shape index (κ2) is 6.27. The highest BCUT2D eigenvalue weighted by Gasteiger charge is 2.23. The van der Waals surface area contributed by atoms with E-state index in [1.54, 1.807) is 18.2 Å². The zero-order chi connectivity index (χ0) is 15.6. The van der Waals surface area contributed by atoms with Gasteiger partial charge in [-0.2, -0.15) is 0 Å². The van der Waals surface area contributed by atoms with Crippen molar-refractivity contribution in [3.63, 3.8) is 0 Å². The average Bonchev–Trinajstić information content (AvgIpc) is 2.41. The molecule has 2 aromatic rings. The molecule has 0 aliphatic rings. The van der Waals surface area contributed by atoms with Crippen molar-refractivity contribution in [2.45, 2.75) is 0 Å². The molecule has 2 aromatic carbocycles. The molecule has 0 unspecified atom stereocenters. The number of nitrogens with two attached hydrogens (primary N) is 1. The number of carbonyl (C=O) groups excluding carboxylic acids is 1. The van der Waals surface area contributed by atoms with E-state index in [0.29, 0.717) is 10.7 Å². The second-order valence-corrected chi connectivity index (χ2v) is 5.68. The molecule has 0 spiro atoms. The molecule has 21 heavy (non-hydrogen) atoms. The van der Waals surface area contributed by atoms with Gasteiger partial charge in [-0.3, -0.25) is 14.9 Å². The lowest BCUT2D eigenvalue weighted by Crippen LogP contribution is -2.15. The second-order valence-electron chi connectivity index (χ2n) is 4.08.